The Bertz CT molecular complexity index is 1120. The number of hydrogen-bond donors (Lipinski definition) is 2. The third-order valence-corrected chi connectivity index (χ3v) is 5.51. The summed E-state index contributed by atoms with van der Waals surface area (Å²) >= 11 is 5.95. The third kappa shape index (κ3) is 4.82. The van der Waals surface area contributed by atoms with Crippen molar-refractivity contribution in [2.24, 2.45) is 5.73 Å². The molecule has 0 aromatic heterocycles. The average Bonchev–Trinajstić information content (AvgIpc) is 2.67. The van der Waals surface area contributed by atoms with Gasteiger partial charge in [-0.15, -0.1) is 0 Å². The number of ether oxygens (including phenoxy) is 1. The Hall–Kier alpha value is -3.03. The Balaban J connectivity index is 1.73. The normalized spacial score (nSPS) is 11.0. The molecule has 0 radical (unpaired) electrons. The van der Waals surface area contributed by atoms with Gasteiger partial charge in [-0.2, -0.15) is 8.42 Å². The van der Waals surface area contributed by atoms with Crippen LogP contribution in [0.5, 0.6) is 11.5 Å². The third-order valence-electron chi connectivity index (χ3n) is 3.76. The van der Waals surface area contributed by atoms with Gasteiger partial charge in [-0.3, -0.25) is 5.41 Å². The first-order valence-electron chi connectivity index (χ1n) is 8.20. The van der Waals surface area contributed by atoms with E-state index in [4.69, 9.17) is 31.7 Å². The van der Waals surface area contributed by atoms with Crippen LogP contribution in [-0.2, 0) is 16.7 Å². The van der Waals surface area contributed by atoms with Crippen LogP contribution in [-0.4, -0.2) is 14.3 Å². The van der Waals surface area contributed by atoms with Crippen LogP contribution in [0.2, 0.25) is 5.02 Å². The Kier molecular flexibility index (Phi) is 5.87. The largest absolute Gasteiger partial charge is 0.489 e. The van der Waals surface area contributed by atoms with Crippen LogP contribution in [0, 0.1) is 5.41 Å². The molecule has 0 bridgehead atoms. The molecule has 3 aromatic carbocycles. The van der Waals surface area contributed by atoms with Crippen molar-refractivity contribution in [1.29, 1.82) is 5.41 Å². The van der Waals surface area contributed by atoms with Gasteiger partial charge in [0.1, 0.15) is 28.8 Å². The van der Waals surface area contributed by atoms with Crippen molar-refractivity contribution < 1.29 is 17.3 Å². The van der Waals surface area contributed by atoms with E-state index in [0.717, 1.165) is 5.56 Å². The average molecular weight is 417 g/mol. The maximum atomic E-state index is 12.4. The van der Waals surface area contributed by atoms with Crippen LogP contribution in [0.15, 0.2) is 77.7 Å². The van der Waals surface area contributed by atoms with Gasteiger partial charge in [-0.05, 0) is 35.9 Å². The summed E-state index contributed by atoms with van der Waals surface area (Å²) in [5.41, 5.74) is 6.91. The highest BCUT2D eigenvalue weighted by Crippen LogP contribution is 2.27. The number of benzene rings is 3. The van der Waals surface area contributed by atoms with Gasteiger partial charge in [-0.1, -0.05) is 48.0 Å². The predicted molar refractivity (Wildman–Crippen MR) is 107 cm³/mol. The fourth-order valence-electron chi connectivity index (χ4n) is 2.43. The van der Waals surface area contributed by atoms with Gasteiger partial charge in [0.25, 0.3) is 0 Å². The second-order valence-electron chi connectivity index (χ2n) is 5.85. The molecule has 0 saturated carbocycles. The molecule has 6 nitrogen and oxygen atoms in total. The van der Waals surface area contributed by atoms with Gasteiger partial charge in [0, 0.05) is 11.6 Å². The zero-order valence-electron chi connectivity index (χ0n) is 14.6. The maximum Gasteiger partial charge on any atom is 0.340 e. The summed E-state index contributed by atoms with van der Waals surface area (Å²) in [6.07, 6.45) is 0. The first-order valence-corrected chi connectivity index (χ1v) is 9.99. The fraction of sp³-hybridized carbons (Fsp3) is 0.0500. The minimum Gasteiger partial charge on any atom is -0.489 e. The fourth-order valence-corrected chi connectivity index (χ4v) is 3.85. The molecule has 0 heterocycles. The second-order valence-corrected chi connectivity index (χ2v) is 7.77. The summed E-state index contributed by atoms with van der Waals surface area (Å²) in [4.78, 5) is -0.107. The number of halogens is 1. The molecule has 0 aliphatic carbocycles. The van der Waals surface area contributed by atoms with Gasteiger partial charge in [0.2, 0.25) is 0 Å². The molecule has 0 aliphatic rings. The summed E-state index contributed by atoms with van der Waals surface area (Å²) in [6.45, 7) is 0.224. The number of nitrogen functional groups attached to an aromatic ring is 1. The summed E-state index contributed by atoms with van der Waals surface area (Å²) in [7, 11) is -4.07. The van der Waals surface area contributed by atoms with Gasteiger partial charge < -0.3 is 14.7 Å². The Morgan fingerprint density at radius 1 is 0.964 bits per heavy atom. The maximum absolute atomic E-state index is 12.4. The van der Waals surface area contributed by atoms with E-state index < -0.39 is 10.1 Å². The van der Waals surface area contributed by atoms with E-state index in [1.54, 1.807) is 42.5 Å². The zero-order chi connectivity index (χ0) is 20.1. The van der Waals surface area contributed by atoms with Crippen LogP contribution in [0.1, 0.15) is 11.1 Å². The lowest BCUT2D eigenvalue weighted by Crippen LogP contribution is -2.11. The van der Waals surface area contributed by atoms with Crippen molar-refractivity contribution in [3.8, 4) is 11.5 Å². The van der Waals surface area contributed by atoms with Crippen LogP contribution in [0.25, 0.3) is 0 Å². The number of nitrogens with one attached hydrogen (secondary N) is 1. The molecule has 0 unspecified atom stereocenters. The first-order chi connectivity index (χ1) is 13.3. The number of amidine groups is 1. The molecule has 8 heteroatoms. The van der Waals surface area contributed by atoms with E-state index in [1.165, 1.54) is 24.3 Å². The lowest BCUT2D eigenvalue weighted by Gasteiger charge is -2.11. The van der Waals surface area contributed by atoms with E-state index in [9.17, 15) is 8.42 Å². The highest BCUT2D eigenvalue weighted by atomic mass is 35.5. The summed E-state index contributed by atoms with van der Waals surface area (Å²) in [5, 5.41) is 7.56. The molecule has 0 spiro atoms. The van der Waals surface area contributed by atoms with Crippen molar-refractivity contribution in [2.45, 2.75) is 11.5 Å². The quantitative estimate of drug-likeness (QED) is 0.344. The van der Waals surface area contributed by atoms with E-state index in [0.29, 0.717) is 11.3 Å². The zero-order valence-corrected chi connectivity index (χ0v) is 16.2. The number of rotatable bonds is 7. The van der Waals surface area contributed by atoms with Gasteiger partial charge in [-0.25, -0.2) is 0 Å². The van der Waals surface area contributed by atoms with E-state index in [2.05, 4.69) is 0 Å². The van der Waals surface area contributed by atoms with Crippen molar-refractivity contribution >= 4 is 27.6 Å². The molecule has 3 rings (SSSR count). The molecule has 28 heavy (non-hydrogen) atoms. The van der Waals surface area contributed by atoms with E-state index in [-0.39, 0.29) is 28.1 Å². The van der Waals surface area contributed by atoms with Gasteiger partial charge in [0.05, 0.1) is 5.02 Å². The molecule has 0 fully saturated rings. The van der Waals surface area contributed by atoms with E-state index in [1.807, 2.05) is 6.07 Å². The van der Waals surface area contributed by atoms with Crippen molar-refractivity contribution in [3.63, 3.8) is 0 Å². The van der Waals surface area contributed by atoms with Crippen molar-refractivity contribution in [1.82, 2.24) is 0 Å². The highest BCUT2D eigenvalue weighted by molar-refractivity contribution is 7.87. The van der Waals surface area contributed by atoms with Crippen LogP contribution < -0.4 is 14.7 Å². The van der Waals surface area contributed by atoms with Gasteiger partial charge >= 0.3 is 10.1 Å². The summed E-state index contributed by atoms with van der Waals surface area (Å²) in [5.74, 6) is 0.511. The first kappa shape index (κ1) is 19.7. The molecule has 0 aliphatic heterocycles. The summed E-state index contributed by atoms with van der Waals surface area (Å²) < 4.78 is 35.7. The Morgan fingerprint density at radius 3 is 2.43 bits per heavy atom. The van der Waals surface area contributed by atoms with Gasteiger partial charge in [0.15, 0.2) is 0 Å². The molecule has 144 valence electrons. The molecule has 3 N–H and O–H groups in total. The lowest BCUT2D eigenvalue weighted by molar-refractivity contribution is 0.305. The van der Waals surface area contributed by atoms with Crippen LogP contribution >= 0.6 is 11.6 Å². The number of hydrogen-bond acceptors (Lipinski definition) is 5. The molecule has 3 aromatic rings. The molecule has 0 atom stereocenters. The van der Waals surface area contributed by atoms with Crippen molar-refractivity contribution in [2.75, 3.05) is 0 Å². The Morgan fingerprint density at radius 2 is 1.68 bits per heavy atom. The molecule has 0 saturated heterocycles. The number of nitrogens with two attached hydrogens (primary N) is 1. The SMILES string of the molecule is N=C(N)c1cccc(COc2cccc(OS(=O)(=O)c3ccccc3Cl)c2)c1. The minimum atomic E-state index is -4.07. The molecular formula is C20H17ClN2O4S. The topological polar surface area (TPSA) is 102 Å². The molecule has 0 amide bonds. The van der Waals surface area contributed by atoms with Crippen molar-refractivity contribution in [3.05, 3.63) is 88.9 Å². The van der Waals surface area contributed by atoms with Crippen LogP contribution in [0.3, 0.4) is 0 Å². The van der Waals surface area contributed by atoms with Crippen LogP contribution in [0.4, 0.5) is 0 Å². The standard InChI is InChI=1S/C20H17ClN2O4S/c21-18-9-1-2-10-19(18)28(24,25)27-17-8-4-7-16(12-17)26-13-14-5-3-6-15(11-14)20(22)23/h1-12H,13H2,(H3,22,23). The lowest BCUT2D eigenvalue weighted by atomic mass is 10.1. The smallest absolute Gasteiger partial charge is 0.340 e. The summed E-state index contributed by atoms with van der Waals surface area (Å²) in [6, 6.07) is 19.5. The monoisotopic (exact) mass is 416 g/mol. The highest BCUT2D eigenvalue weighted by Gasteiger charge is 2.20. The minimum absolute atomic E-state index is 0.0259. The second kappa shape index (κ2) is 8.33. The molecular weight excluding hydrogens is 400 g/mol. The predicted octanol–water partition coefficient (Wildman–Crippen LogP) is 3.97. The van der Waals surface area contributed by atoms with E-state index >= 15 is 0 Å². The Labute approximate surface area is 168 Å².